The summed E-state index contributed by atoms with van der Waals surface area (Å²) in [5.41, 5.74) is 6.25. The summed E-state index contributed by atoms with van der Waals surface area (Å²) in [6, 6.07) is 9.30. The third kappa shape index (κ3) is 2.80. The largest absolute Gasteiger partial charge is 0.454 e. The van der Waals surface area contributed by atoms with Crippen LogP contribution in [-0.4, -0.2) is 28.3 Å². The Morgan fingerprint density at radius 1 is 1.24 bits per heavy atom. The Morgan fingerprint density at radius 2 is 2.08 bits per heavy atom. The summed E-state index contributed by atoms with van der Waals surface area (Å²) in [5.74, 6) is 1.06. The average molecular weight is 336 g/mol. The van der Waals surface area contributed by atoms with E-state index < -0.39 is 0 Å². The molecule has 0 aliphatic carbocycles. The molecule has 1 aliphatic rings. The molecule has 0 atom stereocenters. The molecule has 2 aromatic heterocycles. The fourth-order valence-electron chi connectivity index (χ4n) is 2.75. The van der Waals surface area contributed by atoms with Crippen molar-refractivity contribution in [1.82, 2.24) is 14.8 Å². The first-order valence-electron chi connectivity index (χ1n) is 7.80. The molecule has 1 N–H and O–H groups in total. The Bertz CT molecular complexity index is 1010. The molecule has 0 radical (unpaired) electrons. The second-order valence-corrected chi connectivity index (χ2v) is 5.79. The van der Waals surface area contributed by atoms with Crippen molar-refractivity contribution in [2.75, 3.05) is 6.79 Å². The smallest absolute Gasteiger partial charge is 0.290 e. The Morgan fingerprint density at radius 3 is 2.96 bits per heavy atom. The predicted molar refractivity (Wildman–Crippen MR) is 92.3 cm³/mol. The van der Waals surface area contributed by atoms with Crippen LogP contribution in [0.15, 0.2) is 41.6 Å². The number of aryl methyl sites for hydroxylation is 2. The van der Waals surface area contributed by atoms with Crippen molar-refractivity contribution in [2.24, 2.45) is 5.10 Å². The van der Waals surface area contributed by atoms with Gasteiger partial charge in [-0.05, 0) is 49.2 Å². The molecule has 1 aromatic carbocycles. The number of rotatable bonds is 3. The maximum atomic E-state index is 12.5. The number of carbonyl (C=O) groups is 1. The molecular formula is C18H16N4O3. The van der Waals surface area contributed by atoms with Crippen LogP contribution < -0.4 is 14.9 Å². The van der Waals surface area contributed by atoms with E-state index in [-0.39, 0.29) is 12.7 Å². The van der Waals surface area contributed by atoms with E-state index in [0.29, 0.717) is 22.9 Å². The summed E-state index contributed by atoms with van der Waals surface area (Å²) >= 11 is 0. The zero-order valence-corrected chi connectivity index (χ0v) is 13.8. The third-order valence-electron chi connectivity index (χ3n) is 3.93. The van der Waals surface area contributed by atoms with Crippen LogP contribution >= 0.6 is 0 Å². The van der Waals surface area contributed by atoms with Gasteiger partial charge in [-0.2, -0.15) is 5.10 Å². The lowest BCUT2D eigenvalue weighted by Gasteiger charge is -2.03. The number of hydrazone groups is 1. The lowest BCUT2D eigenvalue weighted by molar-refractivity contribution is 0.0948. The molecule has 1 amide bonds. The second-order valence-electron chi connectivity index (χ2n) is 5.79. The van der Waals surface area contributed by atoms with E-state index >= 15 is 0 Å². The maximum Gasteiger partial charge on any atom is 0.290 e. The fourth-order valence-corrected chi connectivity index (χ4v) is 2.75. The van der Waals surface area contributed by atoms with Gasteiger partial charge >= 0.3 is 0 Å². The third-order valence-corrected chi connectivity index (χ3v) is 3.93. The molecule has 0 saturated carbocycles. The van der Waals surface area contributed by atoms with E-state index in [9.17, 15) is 4.79 Å². The van der Waals surface area contributed by atoms with Crippen molar-refractivity contribution in [3.05, 3.63) is 59.0 Å². The Balaban J connectivity index is 1.54. The van der Waals surface area contributed by atoms with Crippen molar-refractivity contribution in [3.63, 3.8) is 0 Å². The topological polar surface area (TPSA) is 77.2 Å². The highest BCUT2D eigenvalue weighted by Gasteiger charge is 2.16. The molecular weight excluding hydrogens is 320 g/mol. The highest BCUT2D eigenvalue weighted by atomic mass is 16.7. The monoisotopic (exact) mass is 336 g/mol. The quantitative estimate of drug-likeness (QED) is 0.589. The van der Waals surface area contributed by atoms with Crippen molar-refractivity contribution < 1.29 is 14.3 Å². The van der Waals surface area contributed by atoms with Crippen LogP contribution in [0.25, 0.3) is 5.65 Å². The maximum absolute atomic E-state index is 12.5. The summed E-state index contributed by atoms with van der Waals surface area (Å²) in [7, 11) is 0. The number of imidazole rings is 1. The molecule has 126 valence electrons. The molecule has 7 heteroatoms. The molecule has 0 saturated heterocycles. The number of benzene rings is 1. The van der Waals surface area contributed by atoms with E-state index in [2.05, 4.69) is 15.5 Å². The van der Waals surface area contributed by atoms with Gasteiger partial charge < -0.3 is 9.47 Å². The van der Waals surface area contributed by atoms with Gasteiger partial charge in [-0.15, -0.1) is 0 Å². The van der Waals surface area contributed by atoms with Crippen LogP contribution in [0, 0.1) is 13.8 Å². The van der Waals surface area contributed by atoms with Gasteiger partial charge in [0.1, 0.15) is 11.3 Å². The Kier molecular flexibility index (Phi) is 3.61. The highest BCUT2D eigenvalue weighted by molar-refractivity contribution is 5.95. The summed E-state index contributed by atoms with van der Waals surface area (Å²) < 4.78 is 12.4. The van der Waals surface area contributed by atoms with E-state index in [1.54, 1.807) is 23.6 Å². The fraction of sp³-hybridized carbons (Fsp3) is 0.167. The Labute approximate surface area is 143 Å². The molecule has 3 aromatic rings. The number of aromatic nitrogens is 2. The van der Waals surface area contributed by atoms with Gasteiger partial charge in [-0.3, -0.25) is 9.20 Å². The number of amides is 1. The summed E-state index contributed by atoms with van der Waals surface area (Å²) in [6.07, 6.45) is 3.44. The van der Waals surface area contributed by atoms with Crippen LogP contribution in [-0.2, 0) is 0 Å². The van der Waals surface area contributed by atoms with Crippen LogP contribution in [0.5, 0.6) is 11.5 Å². The number of nitrogens with zero attached hydrogens (tertiary/aromatic N) is 3. The summed E-state index contributed by atoms with van der Waals surface area (Å²) in [5, 5.41) is 4.03. The van der Waals surface area contributed by atoms with Crippen LogP contribution in [0.1, 0.15) is 27.3 Å². The minimum absolute atomic E-state index is 0.222. The van der Waals surface area contributed by atoms with E-state index in [1.807, 2.05) is 37.4 Å². The number of nitrogens with one attached hydrogen (secondary N) is 1. The van der Waals surface area contributed by atoms with Gasteiger partial charge in [-0.1, -0.05) is 6.07 Å². The van der Waals surface area contributed by atoms with Crippen LogP contribution in [0.3, 0.4) is 0 Å². The lowest BCUT2D eigenvalue weighted by atomic mass is 10.2. The minimum Gasteiger partial charge on any atom is -0.454 e. The number of carbonyl (C=O) groups excluding carboxylic acids is 1. The first-order valence-corrected chi connectivity index (χ1v) is 7.80. The van der Waals surface area contributed by atoms with Crippen molar-refractivity contribution in [3.8, 4) is 11.5 Å². The van der Waals surface area contributed by atoms with E-state index in [4.69, 9.17) is 9.47 Å². The molecule has 25 heavy (non-hydrogen) atoms. The average Bonchev–Trinajstić information content (AvgIpc) is 3.17. The number of hydrogen-bond acceptors (Lipinski definition) is 5. The van der Waals surface area contributed by atoms with Crippen LogP contribution in [0.2, 0.25) is 0 Å². The van der Waals surface area contributed by atoms with Crippen molar-refractivity contribution >= 4 is 17.8 Å². The number of hydrogen-bond donors (Lipinski definition) is 1. The number of ether oxygens (including phenoxy) is 2. The predicted octanol–water partition coefficient (Wildman–Crippen LogP) is 2.44. The van der Waals surface area contributed by atoms with Gasteiger partial charge in [0.2, 0.25) is 6.79 Å². The van der Waals surface area contributed by atoms with Gasteiger partial charge in [0.15, 0.2) is 11.5 Å². The molecule has 0 fully saturated rings. The van der Waals surface area contributed by atoms with E-state index in [1.165, 1.54) is 0 Å². The lowest BCUT2D eigenvalue weighted by Crippen LogP contribution is -2.20. The van der Waals surface area contributed by atoms with Gasteiger partial charge in [-0.25, -0.2) is 10.4 Å². The van der Waals surface area contributed by atoms with Gasteiger partial charge in [0.25, 0.3) is 5.91 Å². The number of pyridine rings is 1. The highest BCUT2D eigenvalue weighted by Crippen LogP contribution is 2.31. The van der Waals surface area contributed by atoms with Crippen molar-refractivity contribution in [1.29, 1.82) is 0 Å². The normalized spacial score (nSPS) is 12.9. The summed E-state index contributed by atoms with van der Waals surface area (Å²) in [4.78, 5) is 16.9. The SMILES string of the molecule is Cc1ccc2nc(C)c(C(=O)N/N=C\c3ccc4c(c3)OCO4)n2c1. The molecule has 4 rings (SSSR count). The van der Waals surface area contributed by atoms with Gasteiger partial charge in [0, 0.05) is 6.20 Å². The van der Waals surface area contributed by atoms with Crippen molar-refractivity contribution in [2.45, 2.75) is 13.8 Å². The zero-order valence-electron chi connectivity index (χ0n) is 13.8. The van der Waals surface area contributed by atoms with E-state index in [0.717, 1.165) is 16.8 Å². The zero-order chi connectivity index (χ0) is 17.4. The van der Waals surface area contributed by atoms with Gasteiger partial charge in [0.05, 0.1) is 11.9 Å². The standard InChI is InChI=1S/C18H16N4O3/c1-11-3-6-16-20-12(2)17(22(16)9-11)18(23)21-19-8-13-4-5-14-15(7-13)25-10-24-14/h3-9H,10H2,1-2H3,(H,21,23)/b19-8-. The molecule has 0 spiro atoms. The first kappa shape index (κ1) is 15.2. The first-order chi connectivity index (χ1) is 12.1. The minimum atomic E-state index is -0.312. The molecule has 7 nitrogen and oxygen atoms in total. The molecule has 1 aliphatic heterocycles. The van der Waals surface area contributed by atoms with Crippen LogP contribution in [0.4, 0.5) is 0 Å². The Hall–Kier alpha value is -3.35. The molecule has 0 bridgehead atoms. The molecule has 0 unspecified atom stereocenters. The number of fused-ring (bicyclic) bond motifs is 2. The second kappa shape index (κ2) is 5.94. The summed E-state index contributed by atoms with van der Waals surface area (Å²) in [6.45, 7) is 3.99. The molecule has 3 heterocycles.